The lowest BCUT2D eigenvalue weighted by atomic mass is 10.1. The molecule has 1 aromatic carbocycles. The van der Waals surface area contributed by atoms with Gasteiger partial charge in [-0.15, -0.1) is 0 Å². The molecule has 0 spiro atoms. The van der Waals surface area contributed by atoms with E-state index in [1.807, 2.05) is 0 Å². The van der Waals surface area contributed by atoms with Crippen molar-refractivity contribution in [3.63, 3.8) is 0 Å². The molecule has 0 fully saturated rings. The van der Waals surface area contributed by atoms with Gasteiger partial charge in [0.15, 0.2) is 0 Å². The molecule has 0 heterocycles. The van der Waals surface area contributed by atoms with Gasteiger partial charge in [0, 0.05) is 12.5 Å². The minimum absolute atomic E-state index is 0.000592. The normalized spacial score (nSPS) is 13.2. The third kappa shape index (κ3) is 3.33. The van der Waals surface area contributed by atoms with Crippen molar-refractivity contribution in [2.75, 3.05) is 6.54 Å². The maximum absolute atomic E-state index is 13.1. The second kappa shape index (κ2) is 6.20. The lowest BCUT2D eigenvalue weighted by Gasteiger charge is -2.11. The molecular formula is C11H13ClFN3O2. The van der Waals surface area contributed by atoms with Crippen LogP contribution in [-0.4, -0.2) is 23.5 Å². The number of rotatable bonds is 4. The van der Waals surface area contributed by atoms with Crippen molar-refractivity contribution in [1.29, 1.82) is 0 Å². The van der Waals surface area contributed by atoms with E-state index < -0.39 is 11.7 Å². The van der Waals surface area contributed by atoms with E-state index in [9.17, 15) is 9.18 Å². The highest BCUT2D eigenvalue weighted by atomic mass is 35.5. The van der Waals surface area contributed by atoms with Crippen molar-refractivity contribution >= 4 is 23.3 Å². The van der Waals surface area contributed by atoms with Crippen LogP contribution in [0.4, 0.5) is 4.39 Å². The van der Waals surface area contributed by atoms with Crippen LogP contribution in [0, 0.1) is 11.7 Å². The van der Waals surface area contributed by atoms with E-state index in [2.05, 4.69) is 10.5 Å². The van der Waals surface area contributed by atoms with Crippen LogP contribution < -0.4 is 11.1 Å². The summed E-state index contributed by atoms with van der Waals surface area (Å²) in [7, 11) is 0. The molecule has 0 radical (unpaired) electrons. The average molecular weight is 274 g/mol. The fourth-order valence-electron chi connectivity index (χ4n) is 1.22. The highest BCUT2D eigenvalue weighted by molar-refractivity contribution is 6.34. The van der Waals surface area contributed by atoms with Crippen LogP contribution in [0.2, 0.25) is 5.02 Å². The number of oxime groups is 1. The fraction of sp³-hybridized carbons (Fsp3) is 0.273. The first-order valence-corrected chi connectivity index (χ1v) is 5.54. The lowest BCUT2D eigenvalue weighted by molar-refractivity contribution is 0.0950. The molecule has 7 heteroatoms. The molecule has 5 nitrogen and oxygen atoms in total. The fourth-order valence-corrected chi connectivity index (χ4v) is 1.44. The second-order valence-electron chi connectivity index (χ2n) is 3.74. The number of nitrogens with one attached hydrogen (secondary N) is 1. The Bertz CT molecular complexity index is 479. The van der Waals surface area contributed by atoms with Crippen molar-refractivity contribution < 1.29 is 14.4 Å². The lowest BCUT2D eigenvalue weighted by Crippen LogP contribution is -2.34. The number of nitrogens with two attached hydrogens (primary N) is 1. The minimum Gasteiger partial charge on any atom is -0.409 e. The van der Waals surface area contributed by atoms with Gasteiger partial charge in [0.25, 0.3) is 5.91 Å². The summed E-state index contributed by atoms with van der Waals surface area (Å²) < 4.78 is 13.1. The van der Waals surface area contributed by atoms with E-state index in [4.69, 9.17) is 22.5 Å². The van der Waals surface area contributed by atoms with E-state index in [0.717, 1.165) is 6.07 Å². The zero-order valence-corrected chi connectivity index (χ0v) is 10.4. The Kier molecular flexibility index (Phi) is 4.91. The van der Waals surface area contributed by atoms with Gasteiger partial charge < -0.3 is 16.3 Å². The van der Waals surface area contributed by atoms with Crippen LogP contribution in [0.15, 0.2) is 23.4 Å². The molecule has 98 valence electrons. The molecule has 1 unspecified atom stereocenters. The molecule has 1 rings (SSSR count). The van der Waals surface area contributed by atoms with Gasteiger partial charge in [-0.05, 0) is 12.1 Å². The summed E-state index contributed by atoms with van der Waals surface area (Å²) in [6, 6.07) is 3.97. The first-order valence-electron chi connectivity index (χ1n) is 5.17. The number of nitrogens with zero attached hydrogens (tertiary/aromatic N) is 1. The maximum atomic E-state index is 13.1. The van der Waals surface area contributed by atoms with Gasteiger partial charge >= 0.3 is 0 Å². The predicted octanol–water partition coefficient (Wildman–Crippen LogP) is 1.59. The molecule has 0 saturated carbocycles. The summed E-state index contributed by atoms with van der Waals surface area (Å²) in [5.74, 6) is -1.52. The van der Waals surface area contributed by atoms with Gasteiger partial charge in [0.1, 0.15) is 11.7 Å². The summed E-state index contributed by atoms with van der Waals surface area (Å²) in [6.45, 7) is 1.82. The van der Waals surface area contributed by atoms with Gasteiger partial charge in [-0.3, -0.25) is 4.79 Å². The molecular weight excluding hydrogens is 261 g/mol. The standard InChI is InChI=1S/C11H13ClFN3O2/c1-6(10(14)16-18)5-15-11(17)7-3-2-4-8(13)9(7)12/h2-4,6,18H,5H2,1H3,(H2,14,16)(H,15,17). The Labute approximate surface area is 108 Å². The van der Waals surface area contributed by atoms with Crippen LogP contribution in [0.1, 0.15) is 17.3 Å². The Morgan fingerprint density at radius 3 is 2.94 bits per heavy atom. The molecule has 18 heavy (non-hydrogen) atoms. The van der Waals surface area contributed by atoms with Crippen molar-refractivity contribution in [2.24, 2.45) is 16.8 Å². The second-order valence-corrected chi connectivity index (χ2v) is 4.12. The average Bonchev–Trinajstić information content (AvgIpc) is 2.37. The molecule has 1 amide bonds. The van der Waals surface area contributed by atoms with Gasteiger partial charge in [0.2, 0.25) is 0 Å². The molecule has 1 aromatic rings. The minimum atomic E-state index is -0.659. The summed E-state index contributed by atoms with van der Waals surface area (Å²) in [4.78, 5) is 11.7. The first-order chi connectivity index (χ1) is 8.47. The van der Waals surface area contributed by atoms with E-state index in [1.165, 1.54) is 12.1 Å². The molecule has 1 atom stereocenters. The molecule has 0 bridgehead atoms. The third-order valence-electron chi connectivity index (χ3n) is 2.39. The third-order valence-corrected chi connectivity index (χ3v) is 2.77. The van der Waals surface area contributed by atoms with Crippen molar-refractivity contribution in [1.82, 2.24) is 5.32 Å². The highest BCUT2D eigenvalue weighted by Crippen LogP contribution is 2.19. The first kappa shape index (κ1) is 14.2. The van der Waals surface area contributed by atoms with Gasteiger partial charge in [-0.2, -0.15) is 0 Å². The molecule has 0 saturated heterocycles. The van der Waals surface area contributed by atoms with E-state index >= 15 is 0 Å². The Morgan fingerprint density at radius 2 is 2.33 bits per heavy atom. The Hall–Kier alpha value is -1.82. The number of hydrogen-bond donors (Lipinski definition) is 3. The van der Waals surface area contributed by atoms with Crippen LogP contribution in [-0.2, 0) is 0 Å². The number of amidine groups is 1. The van der Waals surface area contributed by atoms with Crippen LogP contribution in [0.25, 0.3) is 0 Å². The maximum Gasteiger partial charge on any atom is 0.252 e. The summed E-state index contributed by atoms with van der Waals surface area (Å²) in [6.07, 6.45) is 0. The number of benzene rings is 1. The molecule has 0 aliphatic carbocycles. The van der Waals surface area contributed by atoms with Crippen LogP contribution in [0.3, 0.4) is 0 Å². The number of carbonyl (C=O) groups is 1. The summed E-state index contributed by atoms with van der Waals surface area (Å²) in [5.41, 5.74) is 5.40. The van der Waals surface area contributed by atoms with Gasteiger partial charge in [0.05, 0.1) is 10.6 Å². The van der Waals surface area contributed by atoms with E-state index in [-0.39, 0.29) is 28.9 Å². The zero-order chi connectivity index (χ0) is 13.7. The molecule has 0 aliphatic heterocycles. The van der Waals surface area contributed by atoms with E-state index in [0.29, 0.717) is 0 Å². The monoisotopic (exact) mass is 273 g/mol. The van der Waals surface area contributed by atoms with Crippen LogP contribution >= 0.6 is 11.6 Å². The SMILES string of the molecule is CC(CNC(=O)c1cccc(F)c1Cl)/C(N)=N/O. The predicted molar refractivity (Wildman–Crippen MR) is 66.3 cm³/mol. The van der Waals surface area contributed by atoms with Gasteiger partial charge in [-0.25, -0.2) is 4.39 Å². The zero-order valence-electron chi connectivity index (χ0n) is 9.65. The molecule has 4 N–H and O–H groups in total. The van der Waals surface area contributed by atoms with Crippen molar-refractivity contribution in [2.45, 2.75) is 6.92 Å². The number of hydrogen-bond acceptors (Lipinski definition) is 3. The Balaban J connectivity index is 2.69. The summed E-state index contributed by atoms with van der Waals surface area (Å²) in [5, 5.41) is 13.6. The Morgan fingerprint density at radius 1 is 1.67 bits per heavy atom. The highest BCUT2D eigenvalue weighted by Gasteiger charge is 2.15. The van der Waals surface area contributed by atoms with Crippen molar-refractivity contribution in [3.8, 4) is 0 Å². The summed E-state index contributed by atoms with van der Waals surface area (Å²) >= 11 is 5.67. The largest absolute Gasteiger partial charge is 0.409 e. The van der Waals surface area contributed by atoms with Crippen molar-refractivity contribution in [3.05, 3.63) is 34.6 Å². The van der Waals surface area contributed by atoms with Crippen LogP contribution in [0.5, 0.6) is 0 Å². The quantitative estimate of drug-likeness (QED) is 0.337. The molecule has 0 aliphatic rings. The number of carbonyl (C=O) groups excluding carboxylic acids is 1. The molecule has 0 aromatic heterocycles. The van der Waals surface area contributed by atoms with E-state index in [1.54, 1.807) is 6.92 Å². The number of halogens is 2. The topological polar surface area (TPSA) is 87.7 Å². The van der Waals surface area contributed by atoms with Gasteiger partial charge in [-0.1, -0.05) is 29.7 Å². The smallest absolute Gasteiger partial charge is 0.252 e. The number of amides is 1.